The molecule has 1 aromatic carbocycles. The van der Waals surface area contributed by atoms with Crippen LogP contribution in [0.4, 0.5) is 11.6 Å². The molecular weight excluding hydrogens is 502 g/mol. The maximum atomic E-state index is 13.3. The Balaban J connectivity index is 1.62. The van der Waals surface area contributed by atoms with E-state index in [0.29, 0.717) is 23.6 Å². The summed E-state index contributed by atoms with van der Waals surface area (Å²) >= 11 is 6.11. The molecule has 0 aliphatic heterocycles. The molecule has 37 heavy (non-hydrogen) atoms. The maximum absolute atomic E-state index is 13.3. The van der Waals surface area contributed by atoms with Gasteiger partial charge in [0, 0.05) is 18.3 Å². The quantitative estimate of drug-likeness (QED) is 0.333. The molecular formula is C24H24ClN7O5. The number of rotatable bonds is 10. The molecule has 0 saturated heterocycles. The average molecular weight is 526 g/mol. The Labute approximate surface area is 215 Å². The molecule has 2 aromatic heterocycles. The fourth-order valence-corrected chi connectivity index (χ4v) is 3.61. The number of nitrogens with zero attached hydrogens (tertiary/aromatic N) is 5. The number of alkyl halides is 1. The minimum atomic E-state index is -0.887. The van der Waals surface area contributed by atoms with Crippen LogP contribution in [0.3, 0.4) is 0 Å². The van der Waals surface area contributed by atoms with E-state index < -0.39 is 23.8 Å². The van der Waals surface area contributed by atoms with Crippen LogP contribution < -0.4 is 26.7 Å². The molecule has 0 bridgehead atoms. The fraction of sp³-hybridized carbons (Fsp3) is 0.250. The summed E-state index contributed by atoms with van der Waals surface area (Å²) in [6, 6.07) is 8.47. The van der Waals surface area contributed by atoms with Gasteiger partial charge in [0.15, 0.2) is 0 Å². The second-order valence-corrected chi connectivity index (χ2v) is 8.53. The summed E-state index contributed by atoms with van der Waals surface area (Å²) in [6.45, 7) is -0.691. The summed E-state index contributed by atoms with van der Waals surface area (Å²) in [5, 5.41) is 21.7. The van der Waals surface area contributed by atoms with Crippen LogP contribution in [0.15, 0.2) is 76.1 Å². The zero-order chi connectivity index (χ0) is 26.2. The Hall–Kier alpha value is -4.29. The lowest BCUT2D eigenvalue weighted by molar-refractivity contribution is -0.121. The van der Waals surface area contributed by atoms with E-state index in [1.807, 2.05) is 12.2 Å². The average Bonchev–Trinajstić information content (AvgIpc) is 2.90. The fourth-order valence-electron chi connectivity index (χ4n) is 3.45. The van der Waals surface area contributed by atoms with Crippen molar-refractivity contribution in [3.05, 3.63) is 87.5 Å². The highest BCUT2D eigenvalue weighted by molar-refractivity contribution is 6.22. The van der Waals surface area contributed by atoms with E-state index in [4.69, 9.17) is 21.4 Å². The third kappa shape index (κ3) is 6.90. The minimum absolute atomic E-state index is 0.00347. The van der Waals surface area contributed by atoms with Crippen molar-refractivity contribution in [3.8, 4) is 11.5 Å². The summed E-state index contributed by atoms with van der Waals surface area (Å²) in [5.74, 6) is 0.479. The van der Waals surface area contributed by atoms with Gasteiger partial charge in [0.1, 0.15) is 18.0 Å². The van der Waals surface area contributed by atoms with Crippen LogP contribution >= 0.6 is 11.6 Å². The van der Waals surface area contributed by atoms with Gasteiger partial charge in [-0.1, -0.05) is 18.2 Å². The molecule has 3 N–H and O–H groups in total. The molecule has 4 rings (SSSR count). The Morgan fingerprint density at radius 3 is 2.62 bits per heavy atom. The second kappa shape index (κ2) is 12.1. The first-order chi connectivity index (χ1) is 17.9. The van der Waals surface area contributed by atoms with E-state index in [9.17, 15) is 14.4 Å². The Bertz CT molecular complexity index is 1420. The molecule has 2 heterocycles. The zero-order valence-corrected chi connectivity index (χ0v) is 20.3. The topological polar surface area (TPSA) is 153 Å². The molecule has 3 aromatic rings. The maximum Gasteiger partial charge on any atom is 0.355 e. The van der Waals surface area contributed by atoms with Gasteiger partial charge in [0.2, 0.25) is 11.9 Å². The number of carbonyl (C=O) groups excluding carboxylic acids is 1. The van der Waals surface area contributed by atoms with E-state index in [-0.39, 0.29) is 31.0 Å². The van der Waals surface area contributed by atoms with Crippen molar-refractivity contribution < 1.29 is 14.6 Å². The highest BCUT2D eigenvalue weighted by atomic mass is 35.5. The summed E-state index contributed by atoms with van der Waals surface area (Å²) in [6.07, 6.45) is 9.11. The van der Waals surface area contributed by atoms with Crippen molar-refractivity contribution >= 4 is 29.1 Å². The number of aliphatic hydroxyl groups excluding tert-OH is 1. The van der Waals surface area contributed by atoms with Crippen molar-refractivity contribution in [1.29, 1.82) is 0 Å². The van der Waals surface area contributed by atoms with Crippen molar-refractivity contribution in [2.75, 3.05) is 18.5 Å². The lowest BCUT2D eigenvalue weighted by Crippen LogP contribution is -2.46. The third-order valence-corrected chi connectivity index (χ3v) is 5.58. The van der Waals surface area contributed by atoms with Crippen LogP contribution in [-0.4, -0.2) is 53.9 Å². The SMILES string of the molecule is O=C(Cn1c(=O)nc(Nc2ccc(Oc3ccnnc3)cc2)n(CC2=CCC(Cl)C=C2)c1=O)NCCO. The summed E-state index contributed by atoms with van der Waals surface area (Å²) in [7, 11) is 0. The van der Waals surface area contributed by atoms with Crippen LogP contribution in [0, 0.1) is 0 Å². The number of benzene rings is 1. The predicted octanol–water partition coefficient (Wildman–Crippen LogP) is 1.33. The highest BCUT2D eigenvalue weighted by Crippen LogP contribution is 2.23. The molecule has 1 atom stereocenters. The molecule has 192 valence electrons. The van der Waals surface area contributed by atoms with Crippen LogP contribution in [0.1, 0.15) is 6.42 Å². The molecule has 0 saturated carbocycles. The van der Waals surface area contributed by atoms with Crippen molar-refractivity contribution in [1.82, 2.24) is 29.6 Å². The Morgan fingerprint density at radius 2 is 1.95 bits per heavy atom. The molecule has 1 amide bonds. The van der Waals surface area contributed by atoms with Crippen LogP contribution in [0.5, 0.6) is 11.5 Å². The first-order valence-electron chi connectivity index (χ1n) is 11.3. The predicted molar refractivity (Wildman–Crippen MR) is 136 cm³/mol. The number of nitrogens with one attached hydrogen (secondary N) is 2. The van der Waals surface area contributed by atoms with Gasteiger partial charge in [0.05, 0.1) is 30.9 Å². The first kappa shape index (κ1) is 25.8. The molecule has 0 spiro atoms. The van der Waals surface area contributed by atoms with E-state index in [1.165, 1.54) is 17.0 Å². The number of ether oxygens (including phenoxy) is 1. The van der Waals surface area contributed by atoms with Crippen molar-refractivity contribution in [2.24, 2.45) is 0 Å². The van der Waals surface area contributed by atoms with Gasteiger partial charge >= 0.3 is 11.4 Å². The van der Waals surface area contributed by atoms with Crippen molar-refractivity contribution in [2.45, 2.75) is 24.9 Å². The lowest BCUT2D eigenvalue weighted by Gasteiger charge is -2.17. The monoisotopic (exact) mass is 525 g/mol. The number of carbonyl (C=O) groups is 1. The van der Waals surface area contributed by atoms with Gasteiger partial charge in [-0.3, -0.25) is 9.36 Å². The number of amides is 1. The molecule has 0 radical (unpaired) electrons. The van der Waals surface area contributed by atoms with Gasteiger partial charge in [0.25, 0.3) is 0 Å². The van der Waals surface area contributed by atoms with E-state index >= 15 is 0 Å². The number of halogens is 1. The number of hydrogen-bond acceptors (Lipinski definition) is 9. The van der Waals surface area contributed by atoms with E-state index in [2.05, 4.69) is 25.8 Å². The van der Waals surface area contributed by atoms with Gasteiger partial charge in [-0.2, -0.15) is 15.2 Å². The van der Waals surface area contributed by atoms with Gasteiger partial charge in [-0.15, -0.1) is 11.6 Å². The Morgan fingerprint density at radius 1 is 1.14 bits per heavy atom. The van der Waals surface area contributed by atoms with E-state index in [0.717, 1.165) is 10.1 Å². The summed E-state index contributed by atoms with van der Waals surface area (Å²) in [5.41, 5.74) is -0.253. The second-order valence-electron chi connectivity index (χ2n) is 7.97. The normalized spacial score (nSPS) is 14.6. The molecule has 12 nitrogen and oxygen atoms in total. The zero-order valence-electron chi connectivity index (χ0n) is 19.6. The third-order valence-electron chi connectivity index (χ3n) is 5.25. The molecule has 1 unspecified atom stereocenters. The minimum Gasteiger partial charge on any atom is -0.456 e. The van der Waals surface area contributed by atoms with Gasteiger partial charge in [-0.25, -0.2) is 14.2 Å². The van der Waals surface area contributed by atoms with Crippen LogP contribution in [-0.2, 0) is 17.9 Å². The van der Waals surface area contributed by atoms with Crippen molar-refractivity contribution in [3.63, 3.8) is 0 Å². The number of hydrogen-bond donors (Lipinski definition) is 3. The van der Waals surface area contributed by atoms with Crippen LogP contribution in [0.2, 0.25) is 0 Å². The highest BCUT2D eigenvalue weighted by Gasteiger charge is 2.17. The van der Waals surface area contributed by atoms with Gasteiger partial charge in [-0.05, 0) is 36.3 Å². The number of aliphatic hydroxyl groups is 1. The smallest absolute Gasteiger partial charge is 0.355 e. The molecule has 13 heteroatoms. The standard InChI is InChI=1S/C24H24ClN7O5/c25-17-3-1-16(2-4-17)14-31-22(30-23(35)32(24(31)36)15-21(34)26-11-12-33)29-18-5-7-19(8-6-18)37-20-9-10-27-28-13-20/h1-3,5-10,13,17,33H,4,11-12,14-15H2,(H,26,34)(H,29,30,35). The lowest BCUT2D eigenvalue weighted by atomic mass is 10.1. The molecule has 1 aliphatic carbocycles. The summed E-state index contributed by atoms with van der Waals surface area (Å²) in [4.78, 5) is 42.2. The Kier molecular flexibility index (Phi) is 8.44. The largest absolute Gasteiger partial charge is 0.456 e. The number of anilines is 2. The summed E-state index contributed by atoms with van der Waals surface area (Å²) < 4.78 is 7.72. The van der Waals surface area contributed by atoms with Gasteiger partial charge < -0.3 is 20.5 Å². The number of aromatic nitrogens is 5. The van der Waals surface area contributed by atoms with E-state index in [1.54, 1.807) is 36.4 Å². The molecule has 0 fully saturated rings. The first-order valence-corrected chi connectivity index (χ1v) is 11.8. The van der Waals surface area contributed by atoms with Crippen LogP contribution in [0.25, 0.3) is 0 Å². The molecule has 1 aliphatic rings. The number of allylic oxidation sites excluding steroid dienone is 4.